The molecule has 1 aliphatic carbocycles. The number of thiophene rings is 1. The normalized spacial score (nSPS) is 13.2. The number of nitrogens with zero attached hydrogens (tertiary/aromatic N) is 5. The van der Waals surface area contributed by atoms with Crippen LogP contribution in [0.3, 0.4) is 0 Å². The first-order valence-corrected chi connectivity index (χ1v) is 10.8. The molecule has 0 saturated carbocycles. The lowest BCUT2D eigenvalue weighted by Crippen LogP contribution is -2.21. The largest absolute Gasteiger partial charge is 0.419 e. The monoisotopic (exact) mass is 431 g/mol. The maximum atomic E-state index is 13.1. The van der Waals surface area contributed by atoms with Crippen LogP contribution in [0, 0.1) is 6.92 Å². The van der Waals surface area contributed by atoms with Crippen LogP contribution >= 0.6 is 11.3 Å². The maximum Gasteiger partial charge on any atom is 0.262 e. The van der Waals surface area contributed by atoms with Crippen molar-refractivity contribution in [2.24, 2.45) is 0 Å². The maximum absolute atomic E-state index is 13.1. The molecule has 0 N–H and O–H groups in total. The first-order valence-electron chi connectivity index (χ1n) is 10.0. The molecular weight excluding hydrogens is 414 g/mol. The van der Waals surface area contributed by atoms with Gasteiger partial charge < -0.3 is 8.94 Å². The van der Waals surface area contributed by atoms with Crippen molar-refractivity contribution < 1.29 is 8.94 Å². The zero-order chi connectivity index (χ0) is 20.9. The van der Waals surface area contributed by atoms with Crippen molar-refractivity contribution in [1.29, 1.82) is 0 Å². The molecule has 154 valence electrons. The molecule has 1 aromatic carbocycles. The number of aryl methyl sites for hydroxylation is 3. The molecule has 0 saturated heterocycles. The van der Waals surface area contributed by atoms with Gasteiger partial charge in [0.15, 0.2) is 0 Å². The van der Waals surface area contributed by atoms with Crippen LogP contribution in [0.4, 0.5) is 0 Å². The van der Waals surface area contributed by atoms with Gasteiger partial charge in [0, 0.05) is 10.4 Å². The second-order valence-corrected chi connectivity index (χ2v) is 8.63. The molecule has 0 aliphatic heterocycles. The van der Waals surface area contributed by atoms with Crippen LogP contribution in [0.25, 0.3) is 32.9 Å². The van der Waals surface area contributed by atoms with E-state index in [0.717, 1.165) is 40.6 Å². The van der Waals surface area contributed by atoms with Crippen molar-refractivity contribution in [1.82, 2.24) is 24.9 Å². The Morgan fingerprint density at radius 2 is 2.03 bits per heavy atom. The molecule has 9 heteroatoms. The van der Waals surface area contributed by atoms with E-state index in [1.807, 2.05) is 30.3 Å². The Bertz CT molecular complexity index is 1480. The van der Waals surface area contributed by atoms with Gasteiger partial charge in [-0.15, -0.1) is 21.5 Å². The third-order valence-electron chi connectivity index (χ3n) is 5.59. The van der Waals surface area contributed by atoms with Crippen molar-refractivity contribution in [2.45, 2.75) is 32.7 Å². The predicted molar refractivity (Wildman–Crippen MR) is 115 cm³/mol. The highest BCUT2D eigenvalue weighted by molar-refractivity contribution is 7.18. The van der Waals surface area contributed by atoms with Crippen LogP contribution in [0.2, 0.25) is 0 Å². The molecule has 5 aromatic rings. The highest BCUT2D eigenvalue weighted by Crippen LogP contribution is 2.35. The third-order valence-corrected chi connectivity index (χ3v) is 6.79. The molecule has 8 nitrogen and oxygen atoms in total. The Morgan fingerprint density at radius 1 is 1.16 bits per heavy atom. The second-order valence-electron chi connectivity index (χ2n) is 7.54. The molecule has 31 heavy (non-hydrogen) atoms. The molecule has 6 rings (SSSR count). The molecule has 0 bridgehead atoms. The summed E-state index contributed by atoms with van der Waals surface area (Å²) in [7, 11) is 0. The summed E-state index contributed by atoms with van der Waals surface area (Å²) in [6.07, 6.45) is 4.63. The number of hydrogen-bond acceptors (Lipinski definition) is 8. The van der Waals surface area contributed by atoms with Gasteiger partial charge in [0.25, 0.3) is 11.4 Å². The lowest BCUT2D eigenvalue weighted by Gasteiger charge is -2.02. The summed E-state index contributed by atoms with van der Waals surface area (Å²) in [4.78, 5) is 19.7. The van der Waals surface area contributed by atoms with Crippen LogP contribution in [-0.2, 0) is 19.4 Å². The molecule has 4 aromatic heterocycles. The Hall–Kier alpha value is -3.59. The molecule has 0 spiro atoms. The minimum Gasteiger partial charge on any atom is -0.419 e. The average molecular weight is 431 g/mol. The van der Waals surface area contributed by atoms with E-state index in [1.54, 1.807) is 24.6 Å². The van der Waals surface area contributed by atoms with Crippen molar-refractivity contribution in [2.75, 3.05) is 0 Å². The zero-order valence-corrected chi connectivity index (χ0v) is 17.5. The van der Waals surface area contributed by atoms with E-state index in [1.165, 1.54) is 9.44 Å². The first-order chi connectivity index (χ1) is 15.2. The summed E-state index contributed by atoms with van der Waals surface area (Å²) in [6.45, 7) is 1.96. The van der Waals surface area contributed by atoms with Crippen molar-refractivity contribution in [3.63, 3.8) is 0 Å². The van der Waals surface area contributed by atoms with Gasteiger partial charge in [-0.25, -0.2) is 4.98 Å². The molecule has 0 radical (unpaired) electrons. The van der Waals surface area contributed by atoms with Gasteiger partial charge in [0.05, 0.1) is 11.7 Å². The van der Waals surface area contributed by atoms with Gasteiger partial charge in [0.1, 0.15) is 28.4 Å². The van der Waals surface area contributed by atoms with Crippen LogP contribution in [0.1, 0.15) is 28.5 Å². The Morgan fingerprint density at radius 3 is 2.90 bits per heavy atom. The standard InChI is InChI=1S/C22H17N5O3S/c1-12-17(19(26-30-12)13-6-3-2-4-7-13)20-25-24-16(29-20)10-27-11-23-21-18(22(27)28)14-8-5-9-15(14)31-21/h2-4,6-7,11H,5,8-10H2,1H3. The first kappa shape index (κ1) is 18.2. The van der Waals surface area contributed by atoms with E-state index < -0.39 is 0 Å². The van der Waals surface area contributed by atoms with E-state index in [2.05, 4.69) is 20.3 Å². The van der Waals surface area contributed by atoms with E-state index in [4.69, 9.17) is 8.94 Å². The van der Waals surface area contributed by atoms with Crippen molar-refractivity contribution >= 4 is 21.6 Å². The minimum absolute atomic E-state index is 0.0599. The fraction of sp³-hybridized carbons (Fsp3) is 0.227. The highest BCUT2D eigenvalue weighted by Gasteiger charge is 2.24. The van der Waals surface area contributed by atoms with Crippen LogP contribution < -0.4 is 5.56 Å². The van der Waals surface area contributed by atoms with Crippen LogP contribution in [0.5, 0.6) is 0 Å². The Balaban J connectivity index is 1.37. The number of fused-ring (bicyclic) bond motifs is 3. The van der Waals surface area contributed by atoms with Gasteiger partial charge in [-0.3, -0.25) is 9.36 Å². The molecule has 0 unspecified atom stereocenters. The topological polar surface area (TPSA) is 99.8 Å². The number of aromatic nitrogens is 5. The summed E-state index contributed by atoms with van der Waals surface area (Å²) in [5.41, 5.74) is 3.29. The fourth-order valence-corrected chi connectivity index (χ4v) is 5.33. The minimum atomic E-state index is -0.0599. The SMILES string of the molecule is Cc1onc(-c2ccccc2)c1-c1nnc(Cn2cnc3sc4c(c3c2=O)CCC4)o1. The summed E-state index contributed by atoms with van der Waals surface area (Å²) >= 11 is 1.63. The summed E-state index contributed by atoms with van der Waals surface area (Å²) in [5.74, 6) is 1.22. The lowest BCUT2D eigenvalue weighted by molar-refractivity contribution is 0.399. The quantitative estimate of drug-likeness (QED) is 0.424. The van der Waals surface area contributed by atoms with Crippen molar-refractivity contribution in [3.05, 3.63) is 69.1 Å². The van der Waals surface area contributed by atoms with Gasteiger partial charge in [0.2, 0.25) is 5.89 Å². The molecule has 0 amide bonds. The number of benzene rings is 1. The third kappa shape index (κ3) is 2.92. The van der Waals surface area contributed by atoms with Crippen molar-refractivity contribution in [3.8, 4) is 22.7 Å². The molecule has 0 atom stereocenters. The Labute approximate surface area is 180 Å². The second kappa shape index (κ2) is 6.98. The Kier molecular flexibility index (Phi) is 4.10. The number of hydrogen-bond donors (Lipinski definition) is 0. The van der Waals surface area contributed by atoms with Crippen LogP contribution in [-0.4, -0.2) is 24.9 Å². The lowest BCUT2D eigenvalue weighted by atomic mass is 10.1. The van der Waals surface area contributed by atoms with Gasteiger partial charge >= 0.3 is 0 Å². The van der Waals surface area contributed by atoms with Gasteiger partial charge in [-0.1, -0.05) is 35.5 Å². The molecule has 4 heterocycles. The molecule has 0 fully saturated rings. The van der Waals surface area contributed by atoms with E-state index in [9.17, 15) is 4.79 Å². The average Bonchev–Trinajstić information content (AvgIpc) is 3.54. The smallest absolute Gasteiger partial charge is 0.262 e. The number of rotatable bonds is 4. The fourth-order valence-electron chi connectivity index (χ4n) is 4.11. The molecule has 1 aliphatic rings. The zero-order valence-electron chi connectivity index (χ0n) is 16.7. The summed E-state index contributed by atoms with van der Waals surface area (Å²) < 4.78 is 12.8. The highest BCUT2D eigenvalue weighted by atomic mass is 32.1. The predicted octanol–water partition coefficient (Wildman–Crippen LogP) is 4.01. The van der Waals surface area contributed by atoms with Gasteiger partial charge in [-0.05, 0) is 31.7 Å². The van der Waals surface area contributed by atoms with E-state index in [-0.39, 0.29) is 12.1 Å². The van der Waals surface area contributed by atoms with E-state index in [0.29, 0.717) is 28.8 Å². The van der Waals surface area contributed by atoms with E-state index >= 15 is 0 Å². The van der Waals surface area contributed by atoms with Crippen LogP contribution in [0.15, 0.2) is 50.4 Å². The summed E-state index contributed by atoms with van der Waals surface area (Å²) in [5, 5.41) is 13.2. The molecular formula is C22H17N5O3S. The van der Waals surface area contributed by atoms with Gasteiger partial charge in [-0.2, -0.15) is 0 Å². The summed E-state index contributed by atoms with van der Waals surface area (Å²) in [6, 6.07) is 9.68.